The van der Waals surface area contributed by atoms with Gasteiger partial charge in [0, 0.05) is 16.8 Å². The summed E-state index contributed by atoms with van der Waals surface area (Å²) in [5, 5.41) is 12.8. The van der Waals surface area contributed by atoms with Crippen molar-refractivity contribution in [2.24, 2.45) is 0 Å². The van der Waals surface area contributed by atoms with Crippen LogP contribution in [0, 0.1) is 18.3 Å². The normalized spacial score (nSPS) is 9.78. The lowest BCUT2D eigenvalue weighted by Gasteiger charge is -2.06. The number of aryl methyl sites for hydroxylation is 1. The fourth-order valence-electron chi connectivity index (χ4n) is 1.46. The fraction of sp³-hybridized carbons (Fsp3) is 0.231. The first-order valence-electron chi connectivity index (χ1n) is 5.53. The van der Waals surface area contributed by atoms with E-state index in [2.05, 4.69) is 10.3 Å². The predicted octanol–water partition coefficient (Wildman–Crippen LogP) is 2.97. The Kier molecular flexibility index (Phi) is 4.15. The summed E-state index contributed by atoms with van der Waals surface area (Å²) in [4.78, 5) is 5.41. The zero-order chi connectivity index (χ0) is 12.8. The summed E-state index contributed by atoms with van der Waals surface area (Å²) in [5.74, 6) is 0.704. The average Bonchev–Trinajstić information content (AvgIpc) is 2.81. The molecule has 1 heterocycles. The Hall–Kier alpha value is -2.06. The molecule has 0 saturated heterocycles. The molecule has 2 rings (SSSR count). The van der Waals surface area contributed by atoms with Gasteiger partial charge in [-0.3, -0.25) is 0 Å². The van der Waals surface area contributed by atoms with Gasteiger partial charge in [0.2, 0.25) is 0 Å². The molecule has 0 saturated carbocycles. The van der Waals surface area contributed by atoms with Crippen molar-refractivity contribution in [1.29, 1.82) is 5.26 Å². The van der Waals surface area contributed by atoms with Crippen molar-refractivity contribution in [3.63, 3.8) is 0 Å². The van der Waals surface area contributed by atoms with E-state index in [0.717, 1.165) is 17.2 Å². The lowest BCUT2D eigenvalue weighted by molar-refractivity contribution is 0.368. The number of nitrogens with zero attached hydrogens (tertiary/aromatic N) is 2. The number of anilines is 1. The number of ether oxygens (including phenoxy) is 1. The molecule has 0 aliphatic heterocycles. The second-order valence-electron chi connectivity index (χ2n) is 3.67. The van der Waals surface area contributed by atoms with E-state index in [1.807, 2.05) is 43.5 Å². The van der Waals surface area contributed by atoms with Crippen LogP contribution in [-0.2, 0) is 6.54 Å². The van der Waals surface area contributed by atoms with Crippen LogP contribution >= 0.6 is 11.3 Å². The number of rotatable bonds is 5. The van der Waals surface area contributed by atoms with Crippen LogP contribution in [0.15, 0.2) is 30.5 Å². The zero-order valence-electron chi connectivity index (χ0n) is 10.0. The third kappa shape index (κ3) is 3.47. The van der Waals surface area contributed by atoms with Gasteiger partial charge in [-0.05, 0) is 31.2 Å². The SMILES string of the molecule is Cc1ncc(CNc2ccc(OCC#N)cc2)s1. The summed E-state index contributed by atoms with van der Waals surface area (Å²) in [6, 6.07) is 9.49. The molecule has 0 bridgehead atoms. The molecule has 4 nitrogen and oxygen atoms in total. The summed E-state index contributed by atoms with van der Waals surface area (Å²) in [7, 11) is 0. The molecule has 1 aromatic carbocycles. The number of nitrogens with one attached hydrogen (secondary N) is 1. The maximum atomic E-state index is 8.40. The molecule has 0 amide bonds. The summed E-state index contributed by atoms with van der Waals surface area (Å²) < 4.78 is 5.18. The van der Waals surface area contributed by atoms with E-state index in [-0.39, 0.29) is 6.61 Å². The second kappa shape index (κ2) is 6.03. The van der Waals surface area contributed by atoms with Gasteiger partial charge in [0.05, 0.1) is 11.6 Å². The van der Waals surface area contributed by atoms with E-state index in [9.17, 15) is 0 Å². The highest BCUT2D eigenvalue weighted by Gasteiger charge is 1.99. The fourth-order valence-corrected chi connectivity index (χ4v) is 2.20. The Morgan fingerprint density at radius 3 is 2.78 bits per heavy atom. The van der Waals surface area contributed by atoms with Gasteiger partial charge < -0.3 is 10.1 Å². The van der Waals surface area contributed by atoms with Crippen molar-refractivity contribution in [2.75, 3.05) is 11.9 Å². The van der Waals surface area contributed by atoms with E-state index in [1.165, 1.54) is 4.88 Å². The summed E-state index contributed by atoms with van der Waals surface area (Å²) in [5.41, 5.74) is 1.02. The Bertz CT molecular complexity index is 542. The predicted molar refractivity (Wildman–Crippen MR) is 71.7 cm³/mol. The van der Waals surface area contributed by atoms with Crippen LogP contribution in [-0.4, -0.2) is 11.6 Å². The lowest BCUT2D eigenvalue weighted by atomic mass is 10.3. The summed E-state index contributed by atoms with van der Waals surface area (Å²) in [6.45, 7) is 2.84. The van der Waals surface area contributed by atoms with E-state index in [0.29, 0.717) is 5.75 Å². The van der Waals surface area contributed by atoms with Gasteiger partial charge in [-0.15, -0.1) is 11.3 Å². The Labute approximate surface area is 110 Å². The van der Waals surface area contributed by atoms with E-state index in [1.54, 1.807) is 11.3 Å². The summed E-state index contributed by atoms with van der Waals surface area (Å²) >= 11 is 1.69. The minimum atomic E-state index is 0.0763. The van der Waals surface area contributed by atoms with Crippen LogP contribution in [0.2, 0.25) is 0 Å². The molecule has 18 heavy (non-hydrogen) atoms. The van der Waals surface area contributed by atoms with E-state index in [4.69, 9.17) is 10.00 Å². The Balaban J connectivity index is 1.88. The largest absolute Gasteiger partial charge is 0.479 e. The van der Waals surface area contributed by atoms with Crippen molar-refractivity contribution < 1.29 is 4.74 Å². The van der Waals surface area contributed by atoms with Crippen LogP contribution in [0.4, 0.5) is 5.69 Å². The van der Waals surface area contributed by atoms with Crippen LogP contribution < -0.4 is 10.1 Å². The molecule has 1 N–H and O–H groups in total. The van der Waals surface area contributed by atoms with Crippen LogP contribution in [0.3, 0.4) is 0 Å². The van der Waals surface area contributed by atoms with Crippen molar-refractivity contribution in [2.45, 2.75) is 13.5 Å². The first-order chi connectivity index (χ1) is 8.78. The number of aromatic nitrogens is 1. The molecule has 0 spiro atoms. The second-order valence-corrected chi connectivity index (χ2v) is 4.99. The smallest absolute Gasteiger partial charge is 0.174 e. The van der Waals surface area contributed by atoms with Crippen molar-refractivity contribution >= 4 is 17.0 Å². The van der Waals surface area contributed by atoms with E-state index < -0.39 is 0 Å². The number of hydrogen-bond acceptors (Lipinski definition) is 5. The molecular formula is C13H13N3OS. The first kappa shape index (κ1) is 12.4. The molecule has 92 valence electrons. The van der Waals surface area contributed by atoms with Crippen molar-refractivity contribution in [1.82, 2.24) is 4.98 Å². The molecule has 2 aromatic rings. The Morgan fingerprint density at radius 2 is 2.17 bits per heavy atom. The van der Waals surface area contributed by atoms with Gasteiger partial charge in [0.25, 0.3) is 0 Å². The van der Waals surface area contributed by atoms with Gasteiger partial charge in [0.1, 0.15) is 11.8 Å². The standard InChI is InChI=1S/C13H13N3OS/c1-10-15-8-13(18-10)9-16-11-2-4-12(5-3-11)17-7-6-14/h2-5,8,16H,7,9H2,1H3. The third-order valence-electron chi connectivity index (χ3n) is 2.29. The minimum absolute atomic E-state index is 0.0763. The maximum absolute atomic E-state index is 8.40. The topological polar surface area (TPSA) is 57.9 Å². The minimum Gasteiger partial charge on any atom is -0.479 e. The molecular weight excluding hydrogens is 246 g/mol. The number of thiazole rings is 1. The maximum Gasteiger partial charge on any atom is 0.174 e. The molecule has 0 atom stereocenters. The van der Waals surface area contributed by atoms with E-state index >= 15 is 0 Å². The summed E-state index contributed by atoms with van der Waals surface area (Å²) in [6.07, 6.45) is 1.89. The third-order valence-corrected chi connectivity index (χ3v) is 3.21. The monoisotopic (exact) mass is 259 g/mol. The van der Waals surface area contributed by atoms with Crippen LogP contribution in [0.1, 0.15) is 9.88 Å². The van der Waals surface area contributed by atoms with Crippen LogP contribution in [0.25, 0.3) is 0 Å². The van der Waals surface area contributed by atoms with Crippen molar-refractivity contribution in [3.05, 3.63) is 40.3 Å². The molecule has 1 aromatic heterocycles. The highest BCUT2D eigenvalue weighted by molar-refractivity contribution is 7.11. The lowest BCUT2D eigenvalue weighted by Crippen LogP contribution is -1.98. The highest BCUT2D eigenvalue weighted by Crippen LogP contribution is 2.18. The molecule has 0 fully saturated rings. The molecule has 0 unspecified atom stereocenters. The molecule has 5 heteroatoms. The van der Waals surface area contributed by atoms with Crippen LogP contribution in [0.5, 0.6) is 5.75 Å². The number of benzene rings is 1. The van der Waals surface area contributed by atoms with Gasteiger partial charge in [-0.25, -0.2) is 4.98 Å². The van der Waals surface area contributed by atoms with Gasteiger partial charge in [-0.1, -0.05) is 0 Å². The number of hydrogen-bond donors (Lipinski definition) is 1. The number of nitriles is 1. The molecule has 0 aliphatic carbocycles. The quantitative estimate of drug-likeness (QED) is 0.896. The van der Waals surface area contributed by atoms with Crippen molar-refractivity contribution in [3.8, 4) is 11.8 Å². The average molecular weight is 259 g/mol. The first-order valence-corrected chi connectivity index (χ1v) is 6.34. The van der Waals surface area contributed by atoms with Gasteiger partial charge in [-0.2, -0.15) is 5.26 Å². The molecule has 0 radical (unpaired) electrons. The highest BCUT2D eigenvalue weighted by atomic mass is 32.1. The van der Waals surface area contributed by atoms with Gasteiger partial charge >= 0.3 is 0 Å². The van der Waals surface area contributed by atoms with Gasteiger partial charge in [0.15, 0.2) is 6.61 Å². The zero-order valence-corrected chi connectivity index (χ0v) is 10.8. The molecule has 0 aliphatic rings. The Morgan fingerprint density at radius 1 is 1.39 bits per heavy atom.